The molecule has 1 atom stereocenters. The van der Waals surface area contributed by atoms with Gasteiger partial charge in [0.1, 0.15) is 16.5 Å². The highest BCUT2D eigenvalue weighted by molar-refractivity contribution is 7.98. The number of halogens is 1. The highest BCUT2D eigenvalue weighted by atomic mass is 32.2. The zero-order chi connectivity index (χ0) is 22.6. The summed E-state index contributed by atoms with van der Waals surface area (Å²) in [7, 11) is -2.57. The van der Waals surface area contributed by atoms with E-state index in [1.54, 1.807) is 11.8 Å². The van der Waals surface area contributed by atoms with Crippen LogP contribution in [-0.4, -0.2) is 45.1 Å². The summed E-state index contributed by atoms with van der Waals surface area (Å²) in [6.45, 7) is 2.32. The summed E-state index contributed by atoms with van der Waals surface area (Å²) < 4.78 is 46.0. The normalized spacial score (nSPS) is 16.6. The third-order valence-electron chi connectivity index (χ3n) is 5.54. The van der Waals surface area contributed by atoms with Crippen molar-refractivity contribution in [1.29, 1.82) is 0 Å². The Labute approximate surface area is 187 Å². The first kappa shape index (κ1) is 23.6. The van der Waals surface area contributed by atoms with Crippen molar-refractivity contribution in [3.8, 4) is 5.75 Å². The van der Waals surface area contributed by atoms with E-state index >= 15 is 0 Å². The second-order valence-electron chi connectivity index (χ2n) is 7.48. The number of rotatable bonds is 7. The number of methoxy groups -OCH3 is 1. The van der Waals surface area contributed by atoms with Crippen LogP contribution >= 0.6 is 11.8 Å². The molecule has 1 aliphatic heterocycles. The second-order valence-corrected chi connectivity index (χ2v) is 10.3. The predicted octanol–water partition coefficient (Wildman–Crippen LogP) is 3.83. The molecule has 9 heteroatoms. The molecule has 1 N–H and O–H groups in total. The molecule has 2 aromatic carbocycles. The Balaban J connectivity index is 1.62. The first-order chi connectivity index (χ1) is 14.8. The van der Waals surface area contributed by atoms with E-state index in [-0.39, 0.29) is 41.6 Å². The van der Waals surface area contributed by atoms with Gasteiger partial charge in [0.25, 0.3) is 0 Å². The van der Waals surface area contributed by atoms with Crippen molar-refractivity contribution in [3.05, 3.63) is 53.8 Å². The van der Waals surface area contributed by atoms with E-state index < -0.39 is 15.8 Å². The Hall–Kier alpha value is -2.10. The number of sulfonamides is 1. The molecule has 1 aliphatic rings. The molecule has 31 heavy (non-hydrogen) atoms. The van der Waals surface area contributed by atoms with Crippen molar-refractivity contribution in [2.75, 3.05) is 26.5 Å². The smallest absolute Gasteiger partial charge is 0.246 e. The van der Waals surface area contributed by atoms with E-state index in [0.29, 0.717) is 12.8 Å². The number of nitrogens with one attached hydrogen (secondary N) is 1. The second kappa shape index (κ2) is 10.0. The molecule has 0 radical (unpaired) electrons. The average molecular weight is 467 g/mol. The number of carbonyl (C=O) groups excluding carboxylic acids is 1. The van der Waals surface area contributed by atoms with Gasteiger partial charge in [-0.2, -0.15) is 4.31 Å². The number of carbonyl (C=O) groups is 1. The van der Waals surface area contributed by atoms with Crippen molar-refractivity contribution in [3.63, 3.8) is 0 Å². The highest BCUT2D eigenvalue weighted by Gasteiger charge is 2.34. The fourth-order valence-electron chi connectivity index (χ4n) is 3.66. The summed E-state index contributed by atoms with van der Waals surface area (Å²) in [5.74, 6) is -0.897. The third-order valence-corrected chi connectivity index (χ3v) is 8.21. The van der Waals surface area contributed by atoms with Gasteiger partial charge in [0.15, 0.2) is 0 Å². The van der Waals surface area contributed by atoms with Gasteiger partial charge in [0, 0.05) is 23.9 Å². The summed E-state index contributed by atoms with van der Waals surface area (Å²) in [6, 6.07) is 11.3. The Morgan fingerprint density at radius 3 is 2.42 bits per heavy atom. The standard InChI is InChI=1S/C22H27FN2O4S2/c1-15(16-4-7-19(30-3)8-5-16)24-22(26)17-10-12-25(13-11-17)31(27,28)21-14-18(23)6-9-20(21)29-2/h4-9,14-15,17H,10-13H2,1-3H3,(H,24,26). The summed E-state index contributed by atoms with van der Waals surface area (Å²) in [4.78, 5) is 13.7. The maximum absolute atomic E-state index is 13.7. The molecule has 6 nitrogen and oxygen atoms in total. The minimum absolute atomic E-state index is 0.0816. The van der Waals surface area contributed by atoms with E-state index in [1.165, 1.54) is 17.5 Å². The topological polar surface area (TPSA) is 75.7 Å². The maximum atomic E-state index is 13.7. The molecule has 168 valence electrons. The monoisotopic (exact) mass is 466 g/mol. The number of benzene rings is 2. The van der Waals surface area contributed by atoms with Gasteiger partial charge in [0.2, 0.25) is 15.9 Å². The van der Waals surface area contributed by atoms with Gasteiger partial charge < -0.3 is 10.1 Å². The van der Waals surface area contributed by atoms with Gasteiger partial charge >= 0.3 is 0 Å². The first-order valence-electron chi connectivity index (χ1n) is 10.0. The van der Waals surface area contributed by atoms with Crippen molar-refractivity contribution in [2.45, 2.75) is 35.6 Å². The van der Waals surface area contributed by atoms with Crippen LogP contribution in [-0.2, 0) is 14.8 Å². The quantitative estimate of drug-likeness (QED) is 0.628. The predicted molar refractivity (Wildman–Crippen MR) is 119 cm³/mol. The first-order valence-corrected chi connectivity index (χ1v) is 12.7. The Bertz CT molecular complexity index is 1020. The fraction of sp³-hybridized carbons (Fsp3) is 0.409. The number of thioether (sulfide) groups is 1. The number of ether oxygens (including phenoxy) is 1. The van der Waals surface area contributed by atoms with Crippen LogP contribution < -0.4 is 10.1 Å². The molecule has 1 fully saturated rings. The van der Waals surface area contributed by atoms with E-state index in [9.17, 15) is 17.6 Å². The van der Waals surface area contributed by atoms with Crippen LogP contribution in [0.4, 0.5) is 4.39 Å². The lowest BCUT2D eigenvalue weighted by molar-refractivity contribution is -0.126. The number of piperidine rings is 1. The lowest BCUT2D eigenvalue weighted by Crippen LogP contribution is -2.43. The number of hydrogen-bond donors (Lipinski definition) is 1. The van der Waals surface area contributed by atoms with Gasteiger partial charge in [0.05, 0.1) is 13.2 Å². The summed E-state index contributed by atoms with van der Waals surface area (Å²) in [5.41, 5.74) is 1.02. The molecular formula is C22H27FN2O4S2. The Morgan fingerprint density at radius 2 is 1.84 bits per heavy atom. The molecule has 0 aliphatic carbocycles. The van der Waals surface area contributed by atoms with Crippen LogP contribution in [0.5, 0.6) is 5.75 Å². The zero-order valence-electron chi connectivity index (χ0n) is 17.8. The van der Waals surface area contributed by atoms with Gasteiger partial charge in [-0.1, -0.05) is 12.1 Å². The molecular weight excluding hydrogens is 439 g/mol. The number of amides is 1. The largest absolute Gasteiger partial charge is 0.495 e. The molecule has 1 amide bonds. The van der Waals surface area contributed by atoms with Crippen LogP contribution in [0, 0.1) is 11.7 Å². The lowest BCUT2D eigenvalue weighted by Gasteiger charge is -2.31. The molecule has 1 saturated heterocycles. The summed E-state index contributed by atoms with van der Waals surface area (Å²) >= 11 is 1.66. The molecule has 1 heterocycles. The average Bonchev–Trinajstić information content (AvgIpc) is 2.79. The van der Waals surface area contributed by atoms with Gasteiger partial charge in [-0.25, -0.2) is 12.8 Å². The number of hydrogen-bond acceptors (Lipinski definition) is 5. The fourth-order valence-corrected chi connectivity index (χ4v) is 5.70. The van der Waals surface area contributed by atoms with Crippen LogP contribution in [0.2, 0.25) is 0 Å². The van der Waals surface area contributed by atoms with Gasteiger partial charge in [-0.3, -0.25) is 4.79 Å². The molecule has 2 aromatic rings. The Kier molecular flexibility index (Phi) is 7.61. The van der Waals surface area contributed by atoms with E-state index in [0.717, 1.165) is 22.6 Å². The highest BCUT2D eigenvalue weighted by Crippen LogP contribution is 2.30. The molecule has 3 rings (SSSR count). The molecule has 1 unspecified atom stereocenters. The third kappa shape index (κ3) is 5.39. The Morgan fingerprint density at radius 1 is 1.19 bits per heavy atom. The lowest BCUT2D eigenvalue weighted by atomic mass is 9.96. The van der Waals surface area contributed by atoms with E-state index in [1.807, 2.05) is 37.4 Å². The van der Waals surface area contributed by atoms with E-state index in [2.05, 4.69) is 5.32 Å². The van der Waals surface area contributed by atoms with Crippen LogP contribution in [0.15, 0.2) is 52.3 Å². The molecule has 0 spiro atoms. The SMILES string of the molecule is COc1ccc(F)cc1S(=O)(=O)N1CCC(C(=O)NC(C)c2ccc(SC)cc2)CC1. The van der Waals surface area contributed by atoms with Crippen LogP contribution in [0.25, 0.3) is 0 Å². The van der Waals surface area contributed by atoms with Crippen molar-refractivity contribution >= 4 is 27.7 Å². The van der Waals surface area contributed by atoms with Gasteiger partial charge in [-0.15, -0.1) is 11.8 Å². The van der Waals surface area contributed by atoms with Crippen LogP contribution in [0.3, 0.4) is 0 Å². The molecule has 0 bridgehead atoms. The summed E-state index contributed by atoms with van der Waals surface area (Å²) in [5, 5.41) is 3.03. The minimum atomic E-state index is -3.91. The van der Waals surface area contributed by atoms with Crippen molar-refractivity contribution in [2.24, 2.45) is 5.92 Å². The van der Waals surface area contributed by atoms with Crippen molar-refractivity contribution in [1.82, 2.24) is 9.62 Å². The molecule has 0 aromatic heterocycles. The maximum Gasteiger partial charge on any atom is 0.246 e. The van der Waals surface area contributed by atoms with Gasteiger partial charge in [-0.05, 0) is 61.9 Å². The zero-order valence-corrected chi connectivity index (χ0v) is 19.4. The van der Waals surface area contributed by atoms with Crippen molar-refractivity contribution < 1.29 is 22.3 Å². The number of nitrogens with zero attached hydrogens (tertiary/aromatic N) is 1. The summed E-state index contributed by atoms with van der Waals surface area (Å²) in [6.07, 6.45) is 2.82. The van der Waals surface area contributed by atoms with E-state index in [4.69, 9.17) is 4.74 Å². The molecule has 0 saturated carbocycles. The minimum Gasteiger partial charge on any atom is -0.495 e. The van der Waals surface area contributed by atoms with Crippen LogP contribution in [0.1, 0.15) is 31.4 Å².